The van der Waals surface area contributed by atoms with E-state index < -0.39 is 0 Å². The zero-order valence-electron chi connectivity index (χ0n) is 13.5. The van der Waals surface area contributed by atoms with Crippen LogP contribution in [0.5, 0.6) is 11.5 Å². The predicted molar refractivity (Wildman–Crippen MR) is 92.8 cm³/mol. The van der Waals surface area contributed by atoms with Crippen LogP contribution in [0.3, 0.4) is 0 Å². The number of thiophene rings is 1. The Labute approximate surface area is 144 Å². The molecule has 1 atom stereocenters. The van der Waals surface area contributed by atoms with Gasteiger partial charge in [0.15, 0.2) is 11.5 Å². The van der Waals surface area contributed by atoms with Crippen LogP contribution in [-0.2, 0) is 13.0 Å². The Morgan fingerprint density at radius 2 is 2.21 bits per heavy atom. The molecule has 0 saturated carbocycles. The van der Waals surface area contributed by atoms with Crippen LogP contribution >= 0.6 is 11.3 Å². The first kappa shape index (κ1) is 15.3. The molecule has 3 N–H and O–H groups in total. The fourth-order valence-electron chi connectivity index (χ4n) is 3.30. The SMILES string of the molecule is COc1ccc([C@@H]2NC(=O)c3c(sc4c3CCN(C)C4)N2)cc1O. The number of aromatic hydroxyl groups is 1. The first-order chi connectivity index (χ1) is 11.6. The fraction of sp³-hybridized carbons (Fsp3) is 0.353. The van der Waals surface area contributed by atoms with Gasteiger partial charge >= 0.3 is 0 Å². The van der Waals surface area contributed by atoms with Crippen LogP contribution in [0, 0.1) is 0 Å². The molecule has 0 unspecified atom stereocenters. The third-order valence-corrected chi connectivity index (χ3v) is 5.71. The number of benzene rings is 1. The molecule has 2 aromatic rings. The normalized spacial score (nSPS) is 19.9. The molecule has 6 nitrogen and oxygen atoms in total. The number of nitrogens with zero attached hydrogens (tertiary/aromatic N) is 1. The average molecular weight is 345 g/mol. The number of anilines is 1. The summed E-state index contributed by atoms with van der Waals surface area (Å²) in [5, 5.41) is 17.3. The van der Waals surface area contributed by atoms with Gasteiger partial charge in [0.2, 0.25) is 0 Å². The van der Waals surface area contributed by atoms with E-state index in [4.69, 9.17) is 4.74 Å². The number of hydrogen-bond acceptors (Lipinski definition) is 6. The maximum atomic E-state index is 12.6. The minimum Gasteiger partial charge on any atom is -0.504 e. The van der Waals surface area contributed by atoms with E-state index in [0.717, 1.165) is 35.6 Å². The van der Waals surface area contributed by atoms with Crippen LogP contribution in [0.25, 0.3) is 0 Å². The molecule has 0 bridgehead atoms. The van der Waals surface area contributed by atoms with Crippen molar-refractivity contribution in [2.45, 2.75) is 19.1 Å². The largest absolute Gasteiger partial charge is 0.504 e. The van der Waals surface area contributed by atoms with Crippen LogP contribution in [0.2, 0.25) is 0 Å². The Morgan fingerprint density at radius 3 is 2.96 bits per heavy atom. The van der Waals surface area contributed by atoms with Crippen LogP contribution in [0.1, 0.15) is 32.5 Å². The Kier molecular flexibility index (Phi) is 3.62. The average Bonchev–Trinajstić information content (AvgIpc) is 2.92. The summed E-state index contributed by atoms with van der Waals surface area (Å²) >= 11 is 1.65. The number of phenols is 1. The van der Waals surface area contributed by atoms with Crippen LogP contribution in [0.4, 0.5) is 5.00 Å². The molecule has 0 fully saturated rings. The highest BCUT2D eigenvalue weighted by Crippen LogP contribution is 2.41. The lowest BCUT2D eigenvalue weighted by Crippen LogP contribution is -2.38. The van der Waals surface area contributed by atoms with Gasteiger partial charge in [-0.15, -0.1) is 11.3 Å². The summed E-state index contributed by atoms with van der Waals surface area (Å²) in [5.74, 6) is 0.422. The van der Waals surface area contributed by atoms with Gasteiger partial charge in [0.25, 0.3) is 5.91 Å². The summed E-state index contributed by atoms with van der Waals surface area (Å²) in [6.45, 7) is 1.86. The Morgan fingerprint density at radius 1 is 1.38 bits per heavy atom. The van der Waals surface area contributed by atoms with E-state index in [-0.39, 0.29) is 17.8 Å². The van der Waals surface area contributed by atoms with Crippen molar-refractivity contribution >= 4 is 22.2 Å². The first-order valence-electron chi connectivity index (χ1n) is 7.84. The van der Waals surface area contributed by atoms with Gasteiger partial charge in [-0.3, -0.25) is 4.79 Å². The second kappa shape index (κ2) is 5.68. The topological polar surface area (TPSA) is 73.8 Å². The first-order valence-corrected chi connectivity index (χ1v) is 8.66. The van der Waals surface area contributed by atoms with Crippen molar-refractivity contribution in [1.29, 1.82) is 0 Å². The van der Waals surface area contributed by atoms with Crippen LogP contribution in [0.15, 0.2) is 18.2 Å². The summed E-state index contributed by atoms with van der Waals surface area (Å²) in [6.07, 6.45) is 0.542. The highest BCUT2D eigenvalue weighted by Gasteiger charge is 2.32. The van der Waals surface area contributed by atoms with Crippen molar-refractivity contribution in [3.63, 3.8) is 0 Å². The molecule has 7 heteroatoms. The summed E-state index contributed by atoms with van der Waals surface area (Å²) < 4.78 is 5.07. The number of amides is 1. The Hall–Kier alpha value is -2.25. The third-order valence-electron chi connectivity index (χ3n) is 4.56. The molecule has 24 heavy (non-hydrogen) atoms. The molecule has 1 aromatic carbocycles. The minimum absolute atomic E-state index is 0.0499. The molecule has 1 aromatic heterocycles. The van der Waals surface area contributed by atoms with E-state index in [1.807, 2.05) is 6.07 Å². The molecule has 126 valence electrons. The smallest absolute Gasteiger partial charge is 0.256 e. The van der Waals surface area contributed by atoms with E-state index in [1.165, 1.54) is 17.6 Å². The van der Waals surface area contributed by atoms with E-state index in [1.54, 1.807) is 23.5 Å². The molecule has 0 radical (unpaired) electrons. The minimum atomic E-state index is -0.361. The monoisotopic (exact) mass is 345 g/mol. The zero-order valence-corrected chi connectivity index (χ0v) is 14.4. The van der Waals surface area contributed by atoms with Crippen molar-refractivity contribution in [3.05, 3.63) is 39.8 Å². The number of hydrogen-bond donors (Lipinski definition) is 3. The summed E-state index contributed by atoms with van der Waals surface area (Å²) in [4.78, 5) is 16.2. The van der Waals surface area contributed by atoms with E-state index in [0.29, 0.717) is 5.75 Å². The molecular formula is C17H19N3O3S. The number of phenolic OH excluding ortho intramolecular Hbond substituents is 1. The number of ether oxygens (including phenoxy) is 1. The lowest BCUT2D eigenvalue weighted by molar-refractivity contribution is 0.0934. The highest BCUT2D eigenvalue weighted by molar-refractivity contribution is 7.16. The van der Waals surface area contributed by atoms with Crippen molar-refractivity contribution in [1.82, 2.24) is 10.2 Å². The van der Waals surface area contributed by atoms with Gasteiger partial charge in [-0.05, 0) is 36.7 Å². The highest BCUT2D eigenvalue weighted by atomic mass is 32.1. The summed E-state index contributed by atoms with van der Waals surface area (Å²) in [7, 11) is 3.60. The molecule has 0 saturated heterocycles. The van der Waals surface area contributed by atoms with Crippen molar-refractivity contribution < 1.29 is 14.6 Å². The van der Waals surface area contributed by atoms with Crippen LogP contribution in [-0.4, -0.2) is 36.6 Å². The molecule has 2 aliphatic rings. The zero-order chi connectivity index (χ0) is 16.8. The van der Waals surface area contributed by atoms with Crippen molar-refractivity contribution in [2.75, 3.05) is 26.0 Å². The number of likely N-dealkylation sites (N-methyl/N-ethyl adjacent to an activating group) is 1. The van der Waals surface area contributed by atoms with E-state index in [9.17, 15) is 9.90 Å². The molecule has 0 spiro atoms. The quantitative estimate of drug-likeness (QED) is 0.779. The number of rotatable bonds is 2. The number of methoxy groups -OCH3 is 1. The van der Waals surface area contributed by atoms with E-state index >= 15 is 0 Å². The van der Waals surface area contributed by atoms with E-state index in [2.05, 4.69) is 22.6 Å². The third kappa shape index (κ3) is 2.40. The van der Waals surface area contributed by atoms with Gasteiger partial charge in [-0.25, -0.2) is 0 Å². The number of carbonyl (C=O) groups excluding carboxylic acids is 1. The van der Waals surface area contributed by atoms with Crippen molar-refractivity contribution in [2.24, 2.45) is 0 Å². The lowest BCUT2D eigenvalue weighted by Gasteiger charge is -2.27. The summed E-state index contributed by atoms with van der Waals surface area (Å²) in [6, 6.07) is 5.15. The van der Waals surface area contributed by atoms with Gasteiger partial charge < -0.3 is 25.4 Å². The lowest BCUT2D eigenvalue weighted by atomic mass is 10.0. The number of fused-ring (bicyclic) bond motifs is 3. The number of nitrogens with one attached hydrogen (secondary N) is 2. The molecule has 4 rings (SSSR count). The van der Waals surface area contributed by atoms with Gasteiger partial charge in [0.1, 0.15) is 11.2 Å². The second-order valence-corrected chi connectivity index (χ2v) is 7.28. The Bertz CT molecular complexity index is 818. The number of carbonyl (C=O) groups is 1. The molecule has 0 aliphatic carbocycles. The van der Waals surface area contributed by atoms with Crippen molar-refractivity contribution in [3.8, 4) is 11.5 Å². The second-order valence-electron chi connectivity index (χ2n) is 6.18. The molecule has 2 aliphatic heterocycles. The molecule has 1 amide bonds. The summed E-state index contributed by atoms with van der Waals surface area (Å²) in [5.41, 5.74) is 2.75. The van der Waals surface area contributed by atoms with Gasteiger partial charge in [0.05, 0.1) is 12.7 Å². The van der Waals surface area contributed by atoms with Gasteiger partial charge in [0, 0.05) is 18.0 Å². The fourth-order valence-corrected chi connectivity index (χ4v) is 4.65. The standard InChI is InChI=1S/C17H19N3O3S/c1-20-6-5-10-13(8-20)24-17-14(10)16(22)18-15(19-17)9-3-4-12(23-2)11(21)7-9/h3-4,7,15,19,21H,5-6,8H2,1-2H3,(H,18,22)/t15-/m1/s1. The predicted octanol–water partition coefficient (Wildman–Crippen LogP) is 2.30. The maximum Gasteiger partial charge on any atom is 0.256 e. The molecule has 3 heterocycles. The molecular weight excluding hydrogens is 326 g/mol. The van der Waals surface area contributed by atoms with Crippen LogP contribution < -0.4 is 15.4 Å². The van der Waals surface area contributed by atoms with Gasteiger partial charge in [-0.1, -0.05) is 6.07 Å². The van der Waals surface area contributed by atoms with Gasteiger partial charge in [-0.2, -0.15) is 0 Å². The Balaban J connectivity index is 1.67. The maximum absolute atomic E-state index is 12.6.